The molecular weight excluding hydrogens is 266 g/mol. The molecule has 1 N–H and O–H groups in total. The molecule has 104 valence electrons. The van der Waals surface area contributed by atoms with Gasteiger partial charge in [-0.15, -0.1) is 0 Å². The summed E-state index contributed by atoms with van der Waals surface area (Å²) >= 11 is 0. The summed E-state index contributed by atoms with van der Waals surface area (Å²) in [6.45, 7) is 0.595. The molecule has 0 unspecified atom stereocenters. The normalized spacial score (nSPS) is 15.7. The van der Waals surface area contributed by atoms with E-state index in [-0.39, 0.29) is 5.56 Å². The molecular formula is C14H12F2N2O2. The lowest BCUT2D eigenvalue weighted by Crippen LogP contribution is -2.50. The van der Waals surface area contributed by atoms with Gasteiger partial charge in [-0.05, 0) is 24.3 Å². The number of carboxylic acid groups (broad SMARTS) is 1. The van der Waals surface area contributed by atoms with Gasteiger partial charge in [0.05, 0.1) is 17.0 Å². The second-order valence-corrected chi connectivity index (χ2v) is 4.86. The molecule has 0 amide bonds. The van der Waals surface area contributed by atoms with Gasteiger partial charge in [-0.3, -0.25) is 4.98 Å². The third-order valence-electron chi connectivity index (χ3n) is 3.59. The standard InChI is InChI=1S/C14H12F2N2O2/c15-13(16)8-6-18(7-8)9-1-2-12-11(5-9)10(14(19)20)3-4-17-12/h1-5,8,13H,6-7H2,(H,19,20). The van der Waals surface area contributed by atoms with Crippen LogP contribution < -0.4 is 4.90 Å². The Morgan fingerprint density at radius 3 is 2.75 bits per heavy atom. The van der Waals surface area contributed by atoms with Gasteiger partial charge in [0.25, 0.3) is 0 Å². The number of carboxylic acids is 1. The summed E-state index contributed by atoms with van der Waals surface area (Å²) in [6.07, 6.45) is -0.856. The number of anilines is 1. The van der Waals surface area contributed by atoms with E-state index in [1.807, 2.05) is 4.90 Å². The topological polar surface area (TPSA) is 53.4 Å². The van der Waals surface area contributed by atoms with Crippen LogP contribution in [0.5, 0.6) is 0 Å². The molecule has 1 saturated heterocycles. The molecule has 20 heavy (non-hydrogen) atoms. The van der Waals surface area contributed by atoms with Crippen LogP contribution in [0.4, 0.5) is 14.5 Å². The lowest BCUT2D eigenvalue weighted by atomic mass is 9.99. The van der Waals surface area contributed by atoms with Crippen molar-refractivity contribution in [2.45, 2.75) is 6.43 Å². The number of aromatic nitrogens is 1. The fraction of sp³-hybridized carbons (Fsp3) is 0.286. The highest BCUT2D eigenvalue weighted by Crippen LogP contribution is 2.31. The molecule has 1 fully saturated rings. The molecule has 1 aromatic carbocycles. The zero-order chi connectivity index (χ0) is 14.3. The number of aromatic carboxylic acids is 1. The van der Waals surface area contributed by atoms with Gasteiger partial charge in [0.1, 0.15) is 0 Å². The first-order valence-corrected chi connectivity index (χ1v) is 6.21. The molecule has 6 heteroatoms. The number of rotatable bonds is 3. The van der Waals surface area contributed by atoms with Gasteiger partial charge in [-0.2, -0.15) is 0 Å². The molecule has 1 aliphatic rings. The summed E-state index contributed by atoms with van der Waals surface area (Å²) < 4.78 is 25.0. The van der Waals surface area contributed by atoms with Crippen molar-refractivity contribution in [3.63, 3.8) is 0 Å². The minimum absolute atomic E-state index is 0.169. The first-order chi connectivity index (χ1) is 9.56. The molecule has 4 nitrogen and oxygen atoms in total. The molecule has 3 rings (SSSR count). The van der Waals surface area contributed by atoms with Crippen LogP contribution in [0.15, 0.2) is 30.5 Å². The van der Waals surface area contributed by atoms with Crippen molar-refractivity contribution in [3.05, 3.63) is 36.0 Å². The minimum atomic E-state index is -2.30. The summed E-state index contributed by atoms with van der Waals surface area (Å²) in [5, 5.41) is 9.68. The largest absolute Gasteiger partial charge is 0.478 e. The number of hydrogen-bond donors (Lipinski definition) is 1. The third kappa shape index (κ3) is 2.07. The van der Waals surface area contributed by atoms with E-state index in [4.69, 9.17) is 5.11 Å². The minimum Gasteiger partial charge on any atom is -0.478 e. The smallest absolute Gasteiger partial charge is 0.336 e. The van der Waals surface area contributed by atoms with E-state index in [1.165, 1.54) is 12.3 Å². The van der Waals surface area contributed by atoms with E-state index >= 15 is 0 Å². The quantitative estimate of drug-likeness (QED) is 0.937. The highest BCUT2D eigenvalue weighted by Gasteiger charge is 2.34. The zero-order valence-corrected chi connectivity index (χ0v) is 10.5. The van der Waals surface area contributed by atoms with E-state index < -0.39 is 18.3 Å². The van der Waals surface area contributed by atoms with Gasteiger partial charge < -0.3 is 10.0 Å². The Morgan fingerprint density at radius 2 is 2.10 bits per heavy atom. The lowest BCUT2D eigenvalue weighted by Gasteiger charge is -2.40. The number of benzene rings is 1. The highest BCUT2D eigenvalue weighted by molar-refractivity contribution is 6.03. The van der Waals surface area contributed by atoms with E-state index in [9.17, 15) is 13.6 Å². The van der Waals surface area contributed by atoms with Crippen LogP contribution >= 0.6 is 0 Å². The third-order valence-corrected chi connectivity index (χ3v) is 3.59. The van der Waals surface area contributed by atoms with Crippen molar-refractivity contribution in [1.29, 1.82) is 0 Å². The number of fused-ring (bicyclic) bond motifs is 1. The summed E-state index contributed by atoms with van der Waals surface area (Å²) in [5.41, 5.74) is 1.51. The van der Waals surface area contributed by atoms with Crippen molar-refractivity contribution >= 4 is 22.6 Å². The van der Waals surface area contributed by atoms with Crippen LogP contribution in [0.3, 0.4) is 0 Å². The maximum Gasteiger partial charge on any atom is 0.336 e. The second kappa shape index (κ2) is 4.70. The Bertz CT molecular complexity index is 669. The Balaban J connectivity index is 1.95. The monoisotopic (exact) mass is 278 g/mol. The average Bonchev–Trinajstić information content (AvgIpc) is 2.35. The number of halogens is 2. The van der Waals surface area contributed by atoms with Gasteiger partial charge in [-0.1, -0.05) is 0 Å². The highest BCUT2D eigenvalue weighted by atomic mass is 19.3. The maximum atomic E-state index is 12.5. The van der Waals surface area contributed by atoms with Crippen LogP contribution in [0, 0.1) is 5.92 Å². The van der Waals surface area contributed by atoms with Gasteiger partial charge in [0, 0.05) is 30.4 Å². The maximum absolute atomic E-state index is 12.5. The Labute approximate surface area is 113 Å². The molecule has 0 saturated carbocycles. The first kappa shape index (κ1) is 12.8. The number of carbonyl (C=O) groups is 1. The second-order valence-electron chi connectivity index (χ2n) is 4.86. The predicted octanol–water partition coefficient (Wildman–Crippen LogP) is 2.63. The van der Waals surface area contributed by atoms with Crippen molar-refractivity contribution in [3.8, 4) is 0 Å². The molecule has 2 heterocycles. The number of alkyl halides is 2. The molecule has 2 aromatic rings. The number of nitrogens with zero attached hydrogens (tertiary/aromatic N) is 2. The molecule has 0 radical (unpaired) electrons. The molecule has 1 aromatic heterocycles. The van der Waals surface area contributed by atoms with Crippen LogP contribution in [0.2, 0.25) is 0 Å². The summed E-state index contributed by atoms with van der Waals surface area (Å²) in [6, 6.07) is 6.63. The van der Waals surface area contributed by atoms with E-state index in [0.717, 1.165) is 5.69 Å². The van der Waals surface area contributed by atoms with Gasteiger partial charge >= 0.3 is 5.97 Å². The molecule has 0 aliphatic carbocycles. The van der Waals surface area contributed by atoms with Crippen molar-refractivity contribution in [2.24, 2.45) is 5.92 Å². The molecule has 1 aliphatic heterocycles. The van der Waals surface area contributed by atoms with Crippen LogP contribution in [0.25, 0.3) is 10.9 Å². The summed E-state index contributed by atoms with van der Waals surface area (Å²) in [7, 11) is 0. The fourth-order valence-electron chi connectivity index (χ4n) is 2.40. The lowest BCUT2D eigenvalue weighted by molar-refractivity contribution is 0.0614. The van der Waals surface area contributed by atoms with Crippen molar-refractivity contribution < 1.29 is 18.7 Å². The van der Waals surface area contributed by atoms with Crippen LogP contribution in [0.1, 0.15) is 10.4 Å². The SMILES string of the molecule is O=C(O)c1ccnc2ccc(N3CC(C(F)F)C3)cc12. The Morgan fingerprint density at radius 1 is 1.35 bits per heavy atom. The average molecular weight is 278 g/mol. The zero-order valence-electron chi connectivity index (χ0n) is 10.5. The van der Waals surface area contributed by atoms with Gasteiger partial charge in [-0.25, -0.2) is 13.6 Å². The van der Waals surface area contributed by atoms with Gasteiger partial charge in [0.15, 0.2) is 0 Å². The first-order valence-electron chi connectivity index (χ1n) is 6.21. The molecule has 0 spiro atoms. The van der Waals surface area contributed by atoms with Crippen LogP contribution in [-0.2, 0) is 0 Å². The summed E-state index contributed by atoms with van der Waals surface area (Å²) in [4.78, 5) is 17.1. The number of hydrogen-bond acceptors (Lipinski definition) is 3. The van der Waals surface area contributed by atoms with E-state index in [0.29, 0.717) is 24.0 Å². The van der Waals surface area contributed by atoms with Gasteiger partial charge in [0.2, 0.25) is 6.43 Å². The Hall–Kier alpha value is -2.24. The van der Waals surface area contributed by atoms with E-state index in [2.05, 4.69) is 4.98 Å². The fourth-order valence-corrected chi connectivity index (χ4v) is 2.40. The predicted molar refractivity (Wildman–Crippen MR) is 70.4 cm³/mol. The van der Waals surface area contributed by atoms with Crippen LogP contribution in [-0.4, -0.2) is 35.6 Å². The summed E-state index contributed by atoms with van der Waals surface area (Å²) in [5.74, 6) is -1.62. The van der Waals surface area contributed by atoms with Crippen molar-refractivity contribution in [1.82, 2.24) is 4.98 Å². The number of pyridine rings is 1. The van der Waals surface area contributed by atoms with E-state index in [1.54, 1.807) is 18.2 Å². The Kier molecular flexibility index (Phi) is 3.00. The van der Waals surface area contributed by atoms with Crippen molar-refractivity contribution in [2.75, 3.05) is 18.0 Å². The molecule has 0 atom stereocenters. The molecule has 0 bridgehead atoms.